The van der Waals surface area contributed by atoms with Gasteiger partial charge in [0.1, 0.15) is 5.82 Å². The summed E-state index contributed by atoms with van der Waals surface area (Å²) < 4.78 is 0. The van der Waals surface area contributed by atoms with E-state index in [9.17, 15) is 0 Å². The molecule has 2 rings (SSSR count). The highest BCUT2D eigenvalue weighted by Gasteiger charge is 2.21. The fourth-order valence-corrected chi connectivity index (χ4v) is 1.74. The van der Waals surface area contributed by atoms with Crippen molar-refractivity contribution in [3.8, 4) is 0 Å². The molecule has 0 saturated carbocycles. The summed E-state index contributed by atoms with van der Waals surface area (Å²) in [6, 6.07) is 2.46. The third-order valence-electron chi connectivity index (χ3n) is 2.58. The first-order chi connectivity index (χ1) is 6.79. The molecule has 1 aromatic rings. The summed E-state index contributed by atoms with van der Waals surface area (Å²) in [5, 5.41) is 3.26. The Balaban J connectivity index is 2.09. The third-order valence-corrected chi connectivity index (χ3v) is 2.58. The maximum atomic E-state index is 5.53. The van der Waals surface area contributed by atoms with Crippen molar-refractivity contribution in [1.29, 1.82) is 0 Å². The normalized spacial score (nSPS) is 21.5. The Morgan fingerprint density at radius 3 is 3.14 bits per heavy atom. The van der Waals surface area contributed by atoms with Crippen molar-refractivity contribution < 1.29 is 0 Å². The Hall–Kier alpha value is -1.36. The Bertz CT molecular complexity index is 314. The quantitative estimate of drug-likeness (QED) is 0.684. The zero-order valence-corrected chi connectivity index (χ0v) is 8.27. The smallest absolute Gasteiger partial charge is 0.221 e. The molecule has 1 atom stereocenters. The second-order valence-corrected chi connectivity index (χ2v) is 3.49. The number of nitrogens with zero attached hydrogens (tertiary/aromatic N) is 3. The number of rotatable bonds is 2. The fraction of sp³-hybridized carbons (Fsp3) is 0.556. The minimum atomic E-state index is 0.343. The van der Waals surface area contributed by atoms with Gasteiger partial charge in [-0.1, -0.05) is 0 Å². The number of anilines is 2. The molecule has 0 bridgehead atoms. The minimum Gasteiger partial charge on any atom is -0.368 e. The molecule has 76 valence electrons. The SMILES string of the molecule is CN[C@@H]1CCN(c2ccnc(N)n2)C1. The highest BCUT2D eigenvalue weighted by Crippen LogP contribution is 2.17. The van der Waals surface area contributed by atoms with Crippen LogP contribution in [0.2, 0.25) is 0 Å². The molecule has 5 nitrogen and oxygen atoms in total. The summed E-state index contributed by atoms with van der Waals surface area (Å²) in [5.41, 5.74) is 5.53. The Labute approximate surface area is 83.3 Å². The van der Waals surface area contributed by atoms with Crippen molar-refractivity contribution in [2.45, 2.75) is 12.5 Å². The Morgan fingerprint density at radius 2 is 2.50 bits per heavy atom. The summed E-state index contributed by atoms with van der Waals surface area (Å²) in [6.45, 7) is 2.02. The zero-order valence-electron chi connectivity index (χ0n) is 8.27. The monoisotopic (exact) mass is 193 g/mol. The average molecular weight is 193 g/mol. The van der Waals surface area contributed by atoms with Crippen LogP contribution in [0.5, 0.6) is 0 Å². The molecule has 0 radical (unpaired) electrons. The second-order valence-electron chi connectivity index (χ2n) is 3.49. The molecule has 0 aliphatic carbocycles. The van der Waals surface area contributed by atoms with E-state index >= 15 is 0 Å². The highest BCUT2D eigenvalue weighted by molar-refractivity contribution is 5.42. The molecule has 3 N–H and O–H groups in total. The molecule has 14 heavy (non-hydrogen) atoms. The molecule has 1 aliphatic heterocycles. The topological polar surface area (TPSA) is 67.1 Å². The van der Waals surface area contributed by atoms with Crippen LogP contribution in [0.4, 0.5) is 11.8 Å². The van der Waals surface area contributed by atoms with Crippen molar-refractivity contribution in [3.05, 3.63) is 12.3 Å². The van der Waals surface area contributed by atoms with Crippen LogP contribution in [-0.4, -0.2) is 36.1 Å². The van der Waals surface area contributed by atoms with Crippen LogP contribution in [-0.2, 0) is 0 Å². The summed E-state index contributed by atoms with van der Waals surface area (Å²) >= 11 is 0. The summed E-state index contributed by atoms with van der Waals surface area (Å²) in [7, 11) is 1.99. The minimum absolute atomic E-state index is 0.343. The molecule has 1 aromatic heterocycles. The summed E-state index contributed by atoms with van der Waals surface area (Å²) in [4.78, 5) is 10.3. The van der Waals surface area contributed by atoms with Gasteiger partial charge in [0.2, 0.25) is 5.95 Å². The van der Waals surface area contributed by atoms with Gasteiger partial charge >= 0.3 is 0 Å². The lowest BCUT2D eigenvalue weighted by Crippen LogP contribution is -2.29. The van der Waals surface area contributed by atoms with Gasteiger partial charge in [0.05, 0.1) is 0 Å². The van der Waals surface area contributed by atoms with Gasteiger partial charge < -0.3 is 16.0 Å². The van der Waals surface area contributed by atoms with E-state index in [0.29, 0.717) is 12.0 Å². The van der Waals surface area contributed by atoms with E-state index in [1.807, 2.05) is 13.1 Å². The van der Waals surface area contributed by atoms with Gasteiger partial charge in [-0.2, -0.15) is 4.98 Å². The van der Waals surface area contributed by atoms with Gasteiger partial charge in [-0.3, -0.25) is 0 Å². The van der Waals surface area contributed by atoms with Crippen LogP contribution < -0.4 is 16.0 Å². The van der Waals surface area contributed by atoms with E-state index in [1.165, 1.54) is 0 Å². The summed E-state index contributed by atoms with van der Waals surface area (Å²) in [5.74, 6) is 1.27. The maximum Gasteiger partial charge on any atom is 0.221 e. The van der Waals surface area contributed by atoms with E-state index in [4.69, 9.17) is 5.73 Å². The van der Waals surface area contributed by atoms with Crippen molar-refractivity contribution in [3.63, 3.8) is 0 Å². The molecule has 1 aliphatic rings. The van der Waals surface area contributed by atoms with E-state index < -0.39 is 0 Å². The van der Waals surface area contributed by atoms with Crippen LogP contribution in [0.15, 0.2) is 12.3 Å². The lowest BCUT2D eigenvalue weighted by atomic mass is 10.3. The maximum absolute atomic E-state index is 5.53. The van der Waals surface area contributed by atoms with Crippen LogP contribution >= 0.6 is 0 Å². The van der Waals surface area contributed by atoms with E-state index in [-0.39, 0.29) is 0 Å². The molecular weight excluding hydrogens is 178 g/mol. The third kappa shape index (κ3) is 1.77. The van der Waals surface area contributed by atoms with Crippen LogP contribution in [0.3, 0.4) is 0 Å². The fourth-order valence-electron chi connectivity index (χ4n) is 1.74. The van der Waals surface area contributed by atoms with Crippen molar-refractivity contribution in [2.24, 2.45) is 0 Å². The first kappa shape index (κ1) is 9.21. The van der Waals surface area contributed by atoms with E-state index in [0.717, 1.165) is 25.3 Å². The predicted octanol–water partition coefficient (Wildman–Crippen LogP) is -0.143. The largest absolute Gasteiger partial charge is 0.368 e. The van der Waals surface area contributed by atoms with Crippen LogP contribution in [0, 0.1) is 0 Å². The van der Waals surface area contributed by atoms with Crippen LogP contribution in [0.1, 0.15) is 6.42 Å². The van der Waals surface area contributed by atoms with Gasteiger partial charge in [-0.25, -0.2) is 4.98 Å². The molecule has 1 saturated heterocycles. The molecule has 0 unspecified atom stereocenters. The Morgan fingerprint density at radius 1 is 1.64 bits per heavy atom. The number of likely N-dealkylation sites (N-methyl/N-ethyl adjacent to an activating group) is 1. The number of hydrogen-bond acceptors (Lipinski definition) is 5. The number of nitrogens with one attached hydrogen (secondary N) is 1. The lowest BCUT2D eigenvalue weighted by Gasteiger charge is -2.16. The Kier molecular flexibility index (Phi) is 2.49. The van der Waals surface area contributed by atoms with Gasteiger partial charge in [-0.05, 0) is 19.5 Å². The first-order valence-electron chi connectivity index (χ1n) is 4.80. The molecule has 5 heteroatoms. The number of nitrogens with two attached hydrogens (primary N) is 1. The highest BCUT2D eigenvalue weighted by atomic mass is 15.2. The molecule has 1 fully saturated rings. The van der Waals surface area contributed by atoms with Gasteiger partial charge in [0, 0.05) is 25.3 Å². The van der Waals surface area contributed by atoms with Crippen molar-refractivity contribution in [2.75, 3.05) is 30.8 Å². The van der Waals surface area contributed by atoms with Crippen LogP contribution in [0.25, 0.3) is 0 Å². The van der Waals surface area contributed by atoms with Crippen molar-refractivity contribution >= 4 is 11.8 Å². The molecule has 2 heterocycles. The van der Waals surface area contributed by atoms with E-state index in [2.05, 4.69) is 20.2 Å². The molecule has 0 aromatic carbocycles. The molecule has 0 spiro atoms. The number of nitrogen functional groups attached to an aromatic ring is 1. The standard InChI is InChI=1S/C9H15N5/c1-11-7-3-5-14(6-7)8-2-4-12-9(10)13-8/h2,4,7,11H,3,5-6H2,1H3,(H2,10,12,13)/t7-/m1/s1. The number of hydrogen-bond donors (Lipinski definition) is 2. The molecular formula is C9H15N5. The molecule has 0 amide bonds. The average Bonchev–Trinajstić information content (AvgIpc) is 2.66. The van der Waals surface area contributed by atoms with Gasteiger partial charge in [0.15, 0.2) is 0 Å². The van der Waals surface area contributed by atoms with Crippen molar-refractivity contribution in [1.82, 2.24) is 15.3 Å². The predicted molar refractivity (Wildman–Crippen MR) is 56.1 cm³/mol. The summed E-state index contributed by atoms with van der Waals surface area (Å²) in [6.07, 6.45) is 2.85. The number of aromatic nitrogens is 2. The zero-order chi connectivity index (χ0) is 9.97. The van der Waals surface area contributed by atoms with Gasteiger partial charge in [0.25, 0.3) is 0 Å². The van der Waals surface area contributed by atoms with Gasteiger partial charge in [-0.15, -0.1) is 0 Å². The first-order valence-corrected chi connectivity index (χ1v) is 4.80. The lowest BCUT2D eigenvalue weighted by molar-refractivity contribution is 0.616. The van der Waals surface area contributed by atoms with E-state index in [1.54, 1.807) is 6.20 Å². The second kappa shape index (κ2) is 3.79.